The first-order valence-corrected chi connectivity index (χ1v) is 10.3. The van der Waals surface area contributed by atoms with Crippen LogP contribution in [0.4, 0.5) is 5.13 Å². The number of anilines is 1. The molecule has 2 amide bonds. The molecule has 1 saturated heterocycles. The molecule has 1 aromatic heterocycles. The number of β-lactam (4-membered cyclic amide) rings is 1. The summed E-state index contributed by atoms with van der Waals surface area (Å²) in [6, 6.07) is -2.20. The van der Waals surface area contributed by atoms with E-state index in [1.165, 1.54) is 23.2 Å². The Bertz CT molecular complexity index is 974. The number of nitrogens with two attached hydrogens (primary N) is 1. The standard InChI is InChI=1S/C16H17N5O7S2.H2O.7H2/c1-2-6-4-29-14-10(13(25)21(14)11(6)15(26)27)19-12(24)9(20-28-3-8(22)23)7-5-30-16(17)18-7;;;;;;;;/h2,5,9-10,14,20H,1,3-4H2,(H2,17,18)(H,19,24)(H,22,23)(H,26,27);1H2;7*1H/t9?,10-,14-;;;;;;;;/m1......../s1. The molecule has 3 atom stereocenters. The summed E-state index contributed by atoms with van der Waals surface area (Å²) >= 11 is 2.36. The predicted molar refractivity (Wildman–Crippen MR) is 124 cm³/mol. The summed E-state index contributed by atoms with van der Waals surface area (Å²) in [6.07, 6.45) is 1.39. The van der Waals surface area contributed by atoms with Gasteiger partial charge in [-0.25, -0.2) is 14.6 Å². The van der Waals surface area contributed by atoms with Crippen LogP contribution in [0.15, 0.2) is 29.3 Å². The van der Waals surface area contributed by atoms with Gasteiger partial charge in [0, 0.05) is 21.1 Å². The number of hydroxylamine groups is 1. The third-order valence-electron chi connectivity index (χ3n) is 4.24. The summed E-state index contributed by atoms with van der Waals surface area (Å²) in [4.78, 5) is 57.5. The Morgan fingerprint density at radius 2 is 2.19 bits per heavy atom. The minimum absolute atomic E-state index is 0. The number of hydrogen-bond acceptors (Lipinski definition) is 10. The van der Waals surface area contributed by atoms with Gasteiger partial charge in [-0.3, -0.25) is 19.3 Å². The Morgan fingerprint density at radius 3 is 2.74 bits per heavy atom. The lowest BCUT2D eigenvalue weighted by molar-refractivity contribution is -0.152. The number of nitrogens with zero attached hydrogens (tertiary/aromatic N) is 2. The van der Waals surface area contributed by atoms with Gasteiger partial charge in [-0.15, -0.1) is 23.1 Å². The van der Waals surface area contributed by atoms with E-state index in [0.717, 1.165) is 16.2 Å². The number of hydrogen-bond donors (Lipinski definition) is 5. The van der Waals surface area contributed by atoms with Gasteiger partial charge < -0.3 is 26.7 Å². The average Bonchev–Trinajstić information content (AvgIpc) is 3.13. The number of carbonyl (C=O) groups is 4. The zero-order chi connectivity index (χ0) is 22.0. The number of aromatic nitrogens is 1. The highest BCUT2D eigenvalue weighted by Gasteiger charge is 2.54. The first kappa shape index (κ1) is 24.3. The van der Waals surface area contributed by atoms with E-state index in [0.29, 0.717) is 11.3 Å². The van der Waals surface area contributed by atoms with Crippen LogP contribution < -0.4 is 16.5 Å². The smallest absolute Gasteiger partial charge is 0.352 e. The highest BCUT2D eigenvalue weighted by Crippen LogP contribution is 2.40. The first-order valence-electron chi connectivity index (χ1n) is 8.38. The summed E-state index contributed by atoms with van der Waals surface area (Å²) in [5.74, 6) is -3.49. The SMILES string of the molecule is C=CC1=C(C(=O)O)N2C(=O)[C@@H](NC(=O)C(NOCC(=O)O)c3csc(N)n3)[C@H]2SC1.O.[HH].[HH].[HH].[HH].[HH].[HH].[HH]. The van der Waals surface area contributed by atoms with E-state index in [1.54, 1.807) is 0 Å². The van der Waals surface area contributed by atoms with Crippen molar-refractivity contribution in [2.24, 2.45) is 0 Å². The van der Waals surface area contributed by atoms with E-state index in [9.17, 15) is 24.3 Å². The molecule has 0 radical (unpaired) electrons. The topological polar surface area (TPSA) is 216 Å². The highest BCUT2D eigenvalue weighted by atomic mass is 32.2. The number of fused-ring (bicyclic) bond motifs is 1. The van der Waals surface area contributed by atoms with E-state index < -0.39 is 47.8 Å². The lowest BCUT2D eigenvalue weighted by atomic mass is 10.0. The van der Waals surface area contributed by atoms with Crippen LogP contribution in [-0.4, -0.2) is 73.1 Å². The number of rotatable bonds is 9. The van der Waals surface area contributed by atoms with E-state index >= 15 is 0 Å². The van der Waals surface area contributed by atoms with Gasteiger partial charge in [0.15, 0.2) is 17.8 Å². The van der Waals surface area contributed by atoms with Crippen LogP contribution in [-0.2, 0) is 24.0 Å². The molecule has 2 aliphatic rings. The molecule has 0 aromatic carbocycles. The zero-order valence-corrected chi connectivity index (χ0v) is 17.4. The summed E-state index contributed by atoms with van der Waals surface area (Å²) in [5, 5.41) is 21.8. The summed E-state index contributed by atoms with van der Waals surface area (Å²) in [7, 11) is 0. The van der Waals surface area contributed by atoms with Gasteiger partial charge in [0.2, 0.25) is 5.91 Å². The van der Waals surface area contributed by atoms with E-state index in [2.05, 4.69) is 22.4 Å². The first-order chi connectivity index (χ1) is 14.2. The molecule has 1 fully saturated rings. The fourth-order valence-electron chi connectivity index (χ4n) is 2.90. The minimum atomic E-state index is -1.26. The number of carbonyl (C=O) groups excluding carboxylic acids is 2. The molecule has 0 aliphatic carbocycles. The average molecular weight is 488 g/mol. The Hall–Kier alpha value is -2.98. The third-order valence-corrected chi connectivity index (χ3v) is 6.23. The van der Waals surface area contributed by atoms with Crippen molar-refractivity contribution in [3.05, 3.63) is 35.0 Å². The molecule has 3 heterocycles. The van der Waals surface area contributed by atoms with Crippen molar-refractivity contribution in [1.29, 1.82) is 0 Å². The third kappa shape index (κ3) is 4.86. The molecule has 0 saturated carbocycles. The van der Waals surface area contributed by atoms with E-state index in [1.807, 2.05) is 0 Å². The quantitative estimate of drug-likeness (QED) is 0.234. The van der Waals surface area contributed by atoms with Gasteiger partial charge >= 0.3 is 11.9 Å². The molecule has 0 spiro atoms. The van der Waals surface area contributed by atoms with E-state index in [-0.39, 0.29) is 32.0 Å². The molecule has 3 rings (SSSR count). The Kier molecular flexibility index (Phi) is 7.75. The molecule has 15 heteroatoms. The van der Waals surface area contributed by atoms with Gasteiger partial charge in [-0.05, 0) is 5.57 Å². The van der Waals surface area contributed by atoms with Gasteiger partial charge in [0.05, 0.1) is 5.69 Å². The molecule has 8 N–H and O–H groups in total. The maximum absolute atomic E-state index is 12.8. The van der Waals surface area contributed by atoms with Crippen LogP contribution in [0.25, 0.3) is 0 Å². The monoisotopic (exact) mass is 487 g/mol. The van der Waals surface area contributed by atoms with Crippen molar-refractivity contribution in [1.82, 2.24) is 20.7 Å². The fraction of sp³-hybridized carbons (Fsp3) is 0.312. The number of amides is 2. The van der Waals surface area contributed by atoms with Crippen molar-refractivity contribution < 1.29 is 49.7 Å². The molecule has 13 nitrogen and oxygen atoms in total. The maximum atomic E-state index is 12.8. The van der Waals surface area contributed by atoms with Crippen LogP contribution >= 0.6 is 23.1 Å². The van der Waals surface area contributed by atoms with Crippen LogP contribution in [0.3, 0.4) is 0 Å². The normalized spacial score (nSPS) is 20.8. The zero-order valence-electron chi connectivity index (χ0n) is 15.7. The second-order valence-electron chi connectivity index (χ2n) is 6.12. The Labute approximate surface area is 193 Å². The van der Waals surface area contributed by atoms with Crippen LogP contribution in [0.1, 0.15) is 21.7 Å². The number of thioether (sulfide) groups is 1. The van der Waals surface area contributed by atoms with Gasteiger partial charge in [0.1, 0.15) is 17.1 Å². The number of allylic oxidation sites excluding steroid dienone is 1. The van der Waals surface area contributed by atoms with Gasteiger partial charge in [-0.1, -0.05) is 12.7 Å². The molecular formula is C16H33N5O8S2. The molecule has 31 heavy (non-hydrogen) atoms. The lowest BCUT2D eigenvalue weighted by Crippen LogP contribution is -2.71. The Balaban J connectivity index is -0.000000320. The second-order valence-corrected chi connectivity index (χ2v) is 8.12. The lowest BCUT2D eigenvalue weighted by Gasteiger charge is -2.49. The second kappa shape index (κ2) is 9.88. The number of nitrogens with one attached hydrogen (secondary N) is 2. The Morgan fingerprint density at radius 1 is 1.48 bits per heavy atom. The fourth-order valence-corrected chi connectivity index (χ4v) is 4.83. The van der Waals surface area contributed by atoms with Crippen molar-refractivity contribution in [3.8, 4) is 0 Å². The summed E-state index contributed by atoms with van der Waals surface area (Å²) < 4.78 is 0. The number of aliphatic carboxylic acids is 2. The van der Waals surface area contributed by atoms with Gasteiger partial charge in [-0.2, -0.15) is 5.48 Å². The van der Waals surface area contributed by atoms with E-state index in [4.69, 9.17) is 15.7 Å². The van der Waals surface area contributed by atoms with Crippen molar-refractivity contribution in [2.75, 3.05) is 18.1 Å². The molecule has 2 aliphatic heterocycles. The molecular weight excluding hydrogens is 454 g/mol. The number of nitrogen functional groups attached to an aromatic ring is 1. The number of carboxylic acids is 2. The minimum Gasteiger partial charge on any atom is -0.479 e. The molecule has 1 unspecified atom stereocenters. The largest absolute Gasteiger partial charge is 0.479 e. The van der Waals surface area contributed by atoms with Crippen LogP contribution in [0, 0.1) is 0 Å². The number of thiazole rings is 1. The number of carboxylic acid groups (broad SMARTS) is 2. The molecule has 1 aromatic rings. The summed E-state index contributed by atoms with van der Waals surface area (Å²) in [6.45, 7) is 2.86. The van der Waals surface area contributed by atoms with Crippen molar-refractivity contribution in [3.63, 3.8) is 0 Å². The predicted octanol–water partition coefficient (Wildman–Crippen LogP) is 0.194. The highest BCUT2D eigenvalue weighted by molar-refractivity contribution is 8.00. The van der Waals surface area contributed by atoms with Crippen molar-refractivity contribution >= 4 is 52.0 Å². The van der Waals surface area contributed by atoms with Gasteiger partial charge in [0.25, 0.3) is 5.91 Å². The van der Waals surface area contributed by atoms with Crippen molar-refractivity contribution in [2.45, 2.75) is 17.5 Å². The summed E-state index contributed by atoms with van der Waals surface area (Å²) in [5.41, 5.74) is 8.35. The van der Waals surface area contributed by atoms with Crippen LogP contribution in [0.5, 0.6) is 0 Å². The molecule has 0 bridgehead atoms. The molecule has 182 valence electrons. The maximum Gasteiger partial charge on any atom is 0.352 e. The van der Waals surface area contributed by atoms with Crippen LogP contribution in [0.2, 0.25) is 0 Å².